The molecule has 2 aromatic rings. The van der Waals surface area contributed by atoms with Crippen molar-refractivity contribution in [1.29, 1.82) is 0 Å². The zero-order valence-corrected chi connectivity index (χ0v) is 14.8. The van der Waals surface area contributed by atoms with E-state index in [1.165, 1.54) is 0 Å². The number of oxime groups is 1. The Morgan fingerprint density at radius 3 is 2.38 bits per heavy atom. The summed E-state index contributed by atoms with van der Waals surface area (Å²) in [7, 11) is 4.75. The molecule has 1 heterocycles. The number of rotatable bonds is 6. The molecule has 0 unspecified atom stereocenters. The average molecular weight is 356 g/mol. The van der Waals surface area contributed by atoms with Crippen LogP contribution in [-0.4, -0.2) is 39.1 Å². The van der Waals surface area contributed by atoms with Crippen LogP contribution in [0.2, 0.25) is 0 Å². The summed E-state index contributed by atoms with van der Waals surface area (Å²) in [6, 6.07) is 12.5. The fraction of sp³-hybridized carbons (Fsp3) is 0.263. The first-order chi connectivity index (χ1) is 12.6. The first kappa shape index (κ1) is 17.6. The van der Waals surface area contributed by atoms with Crippen molar-refractivity contribution in [2.24, 2.45) is 5.16 Å². The first-order valence-electron chi connectivity index (χ1n) is 8.04. The molecule has 2 aromatic carbocycles. The van der Waals surface area contributed by atoms with E-state index in [1.54, 1.807) is 57.7 Å². The van der Waals surface area contributed by atoms with Gasteiger partial charge in [-0.15, -0.1) is 0 Å². The number of nitrogens with one attached hydrogen (secondary N) is 1. The molecule has 0 fully saturated rings. The van der Waals surface area contributed by atoms with Crippen LogP contribution in [0.4, 0.5) is 5.69 Å². The Morgan fingerprint density at radius 2 is 1.73 bits per heavy atom. The van der Waals surface area contributed by atoms with Gasteiger partial charge in [-0.3, -0.25) is 4.79 Å². The molecule has 1 amide bonds. The van der Waals surface area contributed by atoms with Crippen LogP contribution < -0.4 is 19.5 Å². The van der Waals surface area contributed by atoms with Gasteiger partial charge in [-0.1, -0.05) is 5.16 Å². The van der Waals surface area contributed by atoms with Gasteiger partial charge >= 0.3 is 0 Å². The van der Waals surface area contributed by atoms with E-state index in [9.17, 15) is 4.79 Å². The van der Waals surface area contributed by atoms with Crippen molar-refractivity contribution in [3.63, 3.8) is 0 Å². The van der Waals surface area contributed by atoms with Crippen molar-refractivity contribution in [1.82, 2.24) is 0 Å². The number of benzene rings is 2. The third-order valence-corrected chi connectivity index (χ3v) is 4.04. The van der Waals surface area contributed by atoms with Gasteiger partial charge in [0.15, 0.2) is 0 Å². The number of anilines is 1. The highest BCUT2D eigenvalue weighted by Crippen LogP contribution is 2.29. The number of carbonyl (C=O) groups is 1. The fourth-order valence-corrected chi connectivity index (χ4v) is 2.61. The molecule has 0 aromatic heterocycles. The van der Waals surface area contributed by atoms with Gasteiger partial charge in [0.1, 0.15) is 17.2 Å². The van der Waals surface area contributed by atoms with E-state index in [2.05, 4.69) is 10.5 Å². The van der Waals surface area contributed by atoms with Crippen LogP contribution in [0.1, 0.15) is 12.0 Å². The number of hydrogen-bond acceptors (Lipinski definition) is 6. The summed E-state index contributed by atoms with van der Waals surface area (Å²) >= 11 is 0. The monoisotopic (exact) mass is 356 g/mol. The van der Waals surface area contributed by atoms with Crippen molar-refractivity contribution in [3.8, 4) is 17.2 Å². The summed E-state index contributed by atoms with van der Waals surface area (Å²) in [6.45, 7) is 0. The molecule has 3 rings (SSSR count). The molecule has 1 N–H and O–H groups in total. The SMILES string of the molecule is COc1ccc(NC(=O)[C@H]2CC(c3cc(OC)ccc3OC)=NO2)cc1. The van der Waals surface area contributed by atoms with Gasteiger partial charge in [0, 0.05) is 17.7 Å². The first-order valence-corrected chi connectivity index (χ1v) is 8.04. The zero-order valence-electron chi connectivity index (χ0n) is 14.8. The molecule has 1 aliphatic heterocycles. The molecule has 7 nitrogen and oxygen atoms in total. The van der Waals surface area contributed by atoms with Gasteiger partial charge in [0.2, 0.25) is 6.10 Å². The van der Waals surface area contributed by atoms with Gasteiger partial charge in [0.25, 0.3) is 5.91 Å². The van der Waals surface area contributed by atoms with E-state index in [0.717, 1.165) is 11.3 Å². The lowest BCUT2D eigenvalue weighted by Crippen LogP contribution is -2.28. The minimum absolute atomic E-state index is 0.268. The minimum atomic E-state index is -0.706. The highest BCUT2D eigenvalue weighted by molar-refractivity contribution is 6.07. The van der Waals surface area contributed by atoms with Crippen molar-refractivity contribution in [2.75, 3.05) is 26.6 Å². The summed E-state index contributed by atoms with van der Waals surface area (Å²) < 4.78 is 15.7. The standard InChI is InChI=1S/C19H20N2O5/c1-23-13-6-4-12(5-7-13)20-19(22)18-11-16(21-26-18)15-10-14(24-2)8-9-17(15)25-3/h4-10,18H,11H2,1-3H3,(H,20,22)/t18-/m1/s1. The Kier molecular flexibility index (Phi) is 5.26. The number of nitrogens with zero attached hydrogens (tertiary/aromatic N) is 1. The molecule has 0 aliphatic carbocycles. The lowest BCUT2D eigenvalue weighted by Gasteiger charge is -2.11. The second-order valence-electron chi connectivity index (χ2n) is 5.62. The number of carbonyl (C=O) groups excluding carboxylic acids is 1. The molecule has 0 saturated carbocycles. The molecule has 26 heavy (non-hydrogen) atoms. The van der Waals surface area contributed by atoms with Crippen LogP contribution in [0.15, 0.2) is 47.6 Å². The molecule has 1 atom stereocenters. The highest BCUT2D eigenvalue weighted by atomic mass is 16.6. The smallest absolute Gasteiger partial charge is 0.268 e. The second kappa shape index (κ2) is 7.77. The summed E-state index contributed by atoms with van der Waals surface area (Å²) in [5.41, 5.74) is 2.04. The van der Waals surface area contributed by atoms with E-state index in [1.807, 2.05) is 6.07 Å². The zero-order chi connectivity index (χ0) is 18.5. The Balaban J connectivity index is 1.68. The molecule has 0 saturated heterocycles. The lowest BCUT2D eigenvalue weighted by atomic mass is 10.0. The molecule has 7 heteroatoms. The van der Waals surface area contributed by atoms with E-state index >= 15 is 0 Å². The number of hydrogen-bond donors (Lipinski definition) is 1. The van der Waals surface area contributed by atoms with E-state index in [-0.39, 0.29) is 5.91 Å². The van der Waals surface area contributed by atoms with E-state index in [4.69, 9.17) is 19.0 Å². The third kappa shape index (κ3) is 3.72. The molecule has 0 bridgehead atoms. The maximum Gasteiger partial charge on any atom is 0.268 e. The van der Waals surface area contributed by atoms with Crippen molar-refractivity contribution < 1.29 is 23.8 Å². The Labute approximate surface area is 151 Å². The summed E-state index contributed by atoms with van der Waals surface area (Å²) in [6.07, 6.45) is -0.367. The largest absolute Gasteiger partial charge is 0.497 e. The predicted molar refractivity (Wildman–Crippen MR) is 97.2 cm³/mol. The lowest BCUT2D eigenvalue weighted by molar-refractivity contribution is -0.125. The Morgan fingerprint density at radius 1 is 1.04 bits per heavy atom. The maximum atomic E-state index is 12.4. The molecule has 136 valence electrons. The van der Waals surface area contributed by atoms with Crippen molar-refractivity contribution in [2.45, 2.75) is 12.5 Å². The molecule has 0 radical (unpaired) electrons. The molecular weight excluding hydrogens is 336 g/mol. The van der Waals surface area contributed by atoms with E-state index < -0.39 is 6.10 Å². The van der Waals surface area contributed by atoms with Crippen LogP contribution in [0.5, 0.6) is 17.2 Å². The predicted octanol–water partition coefficient (Wildman–Crippen LogP) is 2.84. The van der Waals surface area contributed by atoms with Gasteiger partial charge in [-0.2, -0.15) is 0 Å². The van der Waals surface area contributed by atoms with Gasteiger partial charge in [0.05, 0.1) is 27.0 Å². The topological polar surface area (TPSA) is 78.4 Å². The van der Waals surface area contributed by atoms with Crippen LogP contribution in [0.3, 0.4) is 0 Å². The van der Waals surface area contributed by atoms with Crippen LogP contribution in [0, 0.1) is 0 Å². The van der Waals surface area contributed by atoms with Crippen molar-refractivity contribution in [3.05, 3.63) is 48.0 Å². The van der Waals surface area contributed by atoms with Gasteiger partial charge in [-0.25, -0.2) is 0 Å². The minimum Gasteiger partial charge on any atom is -0.497 e. The van der Waals surface area contributed by atoms with Crippen LogP contribution >= 0.6 is 0 Å². The average Bonchev–Trinajstić information content (AvgIpc) is 3.18. The number of amides is 1. The Hall–Kier alpha value is -3.22. The van der Waals surface area contributed by atoms with Crippen LogP contribution in [0.25, 0.3) is 0 Å². The Bertz CT molecular complexity index is 817. The second-order valence-corrected chi connectivity index (χ2v) is 5.62. The summed E-state index contributed by atoms with van der Waals surface area (Å²) in [4.78, 5) is 17.8. The van der Waals surface area contributed by atoms with Gasteiger partial charge < -0.3 is 24.4 Å². The summed E-state index contributed by atoms with van der Waals surface area (Å²) in [5, 5.41) is 6.87. The normalized spacial score (nSPS) is 15.7. The fourth-order valence-electron chi connectivity index (χ4n) is 2.61. The van der Waals surface area contributed by atoms with E-state index in [0.29, 0.717) is 29.3 Å². The quantitative estimate of drug-likeness (QED) is 0.861. The molecule has 0 spiro atoms. The number of methoxy groups -OCH3 is 3. The highest BCUT2D eigenvalue weighted by Gasteiger charge is 2.30. The van der Waals surface area contributed by atoms with Gasteiger partial charge in [-0.05, 0) is 42.5 Å². The maximum absolute atomic E-state index is 12.4. The van der Waals surface area contributed by atoms with Crippen molar-refractivity contribution >= 4 is 17.3 Å². The third-order valence-electron chi connectivity index (χ3n) is 4.04. The molecular formula is C19H20N2O5. The van der Waals surface area contributed by atoms with Crippen LogP contribution in [-0.2, 0) is 9.63 Å². The molecule has 1 aliphatic rings. The summed E-state index contributed by atoms with van der Waals surface area (Å²) in [5.74, 6) is 1.77. The number of ether oxygens (including phenoxy) is 3.